The normalized spacial score (nSPS) is 13.6. The standard InChI is InChI=1S/C15H17N3O/c1-11(13-8-5-9-17-10-13)18-15(19)14(16)12-6-3-2-4-7-12/h2-11,14H,16H2,1H3,(H,18,19)/t11-,14-/m0/s1. The van der Waals surface area contributed by atoms with Gasteiger partial charge < -0.3 is 11.1 Å². The minimum atomic E-state index is -0.652. The number of nitrogens with two attached hydrogens (primary N) is 1. The predicted octanol–water partition coefficient (Wildman–Crippen LogP) is 1.96. The minimum absolute atomic E-state index is 0.115. The van der Waals surface area contributed by atoms with E-state index in [1.807, 2.05) is 49.4 Å². The summed E-state index contributed by atoms with van der Waals surface area (Å²) in [5.41, 5.74) is 7.70. The van der Waals surface area contributed by atoms with E-state index >= 15 is 0 Å². The Bertz CT molecular complexity index is 528. The van der Waals surface area contributed by atoms with Gasteiger partial charge in [-0.3, -0.25) is 9.78 Å². The first kappa shape index (κ1) is 13.2. The summed E-state index contributed by atoms with van der Waals surface area (Å²) in [4.78, 5) is 16.1. The van der Waals surface area contributed by atoms with Crippen LogP contribution < -0.4 is 11.1 Å². The van der Waals surface area contributed by atoms with Crippen molar-refractivity contribution in [1.29, 1.82) is 0 Å². The van der Waals surface area contributed by atoms with Crippen LogP contribution in [-0.2, 0) is 4.79 Å². The Balaban J connectivity index is 2.02. The first-order valence-corrected chi connectivity index (χ1v) is 6.19. The SMILES string of the molecule is C[C@H](NC(=O)[C@@H](N)c1ccccc1)c1cccnc1. The lowest BCUT2D eigenvalue weighted by Gasteiger charge is -2.17. The van der Waals surface area contributed by atoms with Gasteiger partial charge in [-0.25, -0.2) is 0 Å². The molecule has 0 aliphatic heterocycles. The highest BCUT2D eigenvalue weighted by atomic mass is 16.2. The van der Waals surface area contributed by atoms with Crippen LogP contribution in [0.3, 0.4) is 0 Å². The molecule has 0 saturated heterocycles. The fraction of sp³-hybridized carbons (Fsp3) is 0.200. The molecular formula is C15H17N3O. The molecule has 0 saturated carbocycles. The number of benzene rings is 1. The molecule has 0 aliphatic carbocycles. The predicted molar refractivity (Wildman–Crippen MR) is 74.2 cm³/mol. The van der Waals surface area contributed by atoms with Gasteiger partial charge in [0.25, 0.3) is 0 Å². The zero-order valence-electron chi connectivity index (χ0n) is 10.8. The molecule has 3 N–H and O–H groups in total. The molecule has 4 nitrogen and oxygen atoms in total. The monoisotopic (exact) mass is 255 g/mol. The molecule has 0 radical (unpaired) electrons. The average Bonchev–Trinajstić information content (AvgIpc) is 2.48. The van der Waals surface area contributed by atoms with Gasteiger partial charge in [0.1, 0.15) is 6.04 Å². The summed E-state index contributed by atoms with van der Waals surface area (Å²) in [6.07, 6.45) is 3.44. The van der Waals surface area contributed by atoms with Gasteiger partial charge in [-0.05, 0) is 24.1 Å². The maximum absolute atomic E-state index is 12.1. The summed E-state index contributed by atoms with van der Waals surface area (Å²) < 4.78 is 0. The molecule has 0 spiro atoms. The van der Waals surface area contributed by atoms with E-state index in [-0.39, 0.29) is 11.9 Å². The zero-order chi connectivity index (χ0) is 13.7. The molecule has 0 unspecified atom stereocenters. The second kappa shape index (κ2) is 6.11. The fourth-order valence-corrected chi connectivity index (χ4v) is 1.83. The molecule has 2 atom stereocenters. The molecule has 2 aromatic rings. The smallest absolute Gasteiger partial charge is 0.241 e. The topological polar surface area (TPSA) is 68.0 Å². The summed E-state index contributed by atoms with van der Waals surface area (Å²) in [6, 6.07) is 12.3. The number of hydrogen-bond donors (Lipinski definition) is 2. The molecule has 4 heteroatoms. The van der Waals surface area contributed by atoms with Crippen molar-refractivity contribution in [2.75, 3.05) is 0 Å². The van der Waals surface area contributed by atoms with Gasteiger partial charge in [-0.15, -0.1) is 0 Å². The molecule has 1 aromatic carbocycles. The molecular weight excluding hydrogens is 238 g/mol. The van der Waals surface area contributed by atoms with Crippen molar-refractivity contribution in [2.45, 2.75) is 19.0 Å². The Labute approximate surface area is 112 Å². The lowest BCUT2D eigenvalue weighted by molar-refractivity contribution is -0.123. The van der Waals surface area contributed by atoms with E-state index in [0.29, 0.717) is 0 Å². The largest absolute Gasteiger partial charge is 0.348 e. The Kier molecular flexibility index (Phi) is 4.26. The van der Waals surface area contributed by atoms with Crippen molar-refractivity contribution in [2.24, 2.45) is 5.73 Å². The van der Waals surface area contributed by atoms with Gasteiger partial charge in [-0.2, -0.15) is 0 Å². The van der Waals surface area contributed by atoms with Crippen molar-refractivity contribution in [3.63, 3.8) is 0 Å². The third-order valence-corrected chi connectivity index (χ3v) is 2.98. The van der Waals surface area contributed by atoms with E-state index in [1.165, 1.54) is 0 Å². The van der Waals surface area contributed by atoms with Crippen molar-refractivity contribution in [3.05, 3.63) is 66.0 Å². The van der Waals surface area contributed by atoms with E-state index in [9.17, 15) is 4.79 Å². The molecule has 1 aromatic heterocycles. The molecule has 0 aliphatic rings. The van der Waals surface area contributed by atoms with Crippen molar-refractivity contribution >= 4 is 5.91 Å². The number of amides is 1. The number of aromatic nitrogens is 1. The van der Waals surface area contributed by atoms with Gasteiger partial charge >= 0.3 is 0 Å². The number of nitrogens with zero attached hydrogens (tertiary/aromatic N) is 1. The van der Waals surface area contributed by atoms with Crippen molar-refractivity contribution < 1.29 is 4.79 Å². The minimum Gasteiger partial charge on any atom is -0.348 e. The van der Waals surface area contributed by atoms with Gasteiger partial charge in [-0.1, -0.05) is 36.4 Å². The number of rotatable bonds is 4. The number of carbonyl (C=O) groups excluding carboxylic acids is 1. The Morgan fingerprint density at radius 3 is 2.47 bits per heavy atom. The third-order valence-electron chi connectivity index (χ3n) is 2.98. The van der Waals surface area contributed by atoms with Gasteiger partial charge in [0, 0.05) is 12.4 Å². The quantitative estimate of drug-likeness (QED) is 0.877. The number of carbonyl (C=O) groups is 1. The zero-order valence-corrected chi connectivity index (χ0v) is 10.8. The van der Waals surface area contributed by atoms with E-state index in [1.54, 1.807) is 12.4 Å². The molecule has 19 heavy (non-hydrogen) atoms. The highest BCUT2D eigenvalue weighted by molar-refractivity contribution is 5.83. The van der Waals surface area contributed by atoms with E-state index in [4.69, 9.17) is 5.73 Å². The molecule has 2 rings (SSSR count). The van der Waals surface area contributed by atoms with Crippen LogP contribution in [-0.4, -0.2) is 10.9 Å². The van der Waals surface area contributed by atoms with Gasteiger partial charge in [0.15, 0.2) is 0 Å². The molecule has 1 amide bonds. The van der Waals surface area contributed by atoms with Crippen LogP contribution in [0.4, 0.5) is 0 Å². The maximum atomic E-state index is 12.1. The van der Waals surface area contributed by atoms with Gasteiger partial charge in [0.2, 0.25) is 5.91 Å². The first-order valence-electron chi connectivity index (χ1n) is 6.19. The molecule has 1 heterocycles. The summed E-state index contributed by atoms with van der Waals surface area (Å²) in [5, 5.41) is 2.89. The van der Waals surface area contributed by atoms with E-state index in [0.717, 1.165) is 11.1 Å². The summed E-state index contributed by atoms with van der Waals surface area (Å²) in [5.74, 6) is -0.192. The van der Waals surface area contributed by atoms with Crippen LogP contribution >= 0.6 is 0 Å². The van der Waals surface area contributed by atoms with Crippen LogP contribution in [0, 0.1) is 0 Å². The molecule has 98 valence electrons. The highest BCUT2D eigenvalue weighted by Crippen LogP contribution is 2.14. The molecule has 0 bridgehead atoms. The average molecular weight is 255 g/mol. The Morgan fingerprint density at radius 2 is 1.84 bits per heavy atom. The maximum Gasteiger partial charge on any atom is 0.241 e. The van der Waals surface area contributed by atoms with Gasteiger partial charge in [0.05, 0.1) is 6.04 Å². The van der Waals surface area contributed by atoms with Crippen molar-refractivity contribution in [3.8, 4) is 0 Å². The first-order chi connectivity index (χ1) is 9.18. The summed E-state index contributed by atoms with van der Waals surface area (Å²) in [6.45, 7) is 1.91. The van der Waals surface area contributed by atoms with E-state index < -0.39 is 6.04 Å². The number of hydrogen-bond acceptors (Lipinski definition) is 3. The lowest BCUT2D eigenvalue weighted by atomic mass is 10.1. The number of nitrogens with one attached hydrogen (secondary N) is 1. The fourth-order valence-electron chi connectivity index (χ4n) is 1.83. The summed E-state index contributed by atoms with van der Waals surface area (Å²) in [7, 11) is 0. The van der Waals surface area contributed by atoms with Crippen LogP contribution in [0.1, 0.15) is 30.1 Å². The Morgan fingerprint density at radius 1 is 1.16 bits per heavy atom. The second-order valence-corrected chi connectivity index (χ2v) is 4.40. The van der Waals surface area contributed by atoms with E-state index in [2.05, 4.69) is 10.3 Å². The summed E-state index contributed by atoms with van der Waals surface area (Å²) >= 11 is 0. The van der Waals surface area contributed by atoms with Crippen LogP contribution in [0.2, 0.25) is 0 Å². The highest BCUT2D eigenvalue weighted by Gasteiger charge is 2.17. The van der Waals surface area contributed by atoms with Crippen LogP contribution in [0.25, 0.3) is 0 Å². The third kappa shape index (κ3) is 3.39. The van der Waals surface area contributed by atoms with Crippen LogP contribution in [0.15, 0.2) is 54.9 Å². The molecule has 0 fully saturated rings. The second-order valence-electron chi connectivity index (χ2n) is 4.40. The van der Waals surface area contributed by atoms with Crippen molar-refractivity contribution in [1.82, 2.24) is 10.3 Å². The Hall–Kier alpha value is -2.20. The van der Waals surface area contributed by atoms with Crippen LogP contribution in [0.5, 0.6) is 0 Å². The lowest BCUT2D eigenvalue weighted by Crippen LogP contribution is -2.35. The number of pyridine rings is 1.